The molecule has 19 heavy (non-hydrogen) atoms. The molecule has 4 heteroatoms. The van der Waals surface area contributed by atoms with Crippen LogP contribution in [0.5, 0.6) is 0 Å². The van der Waals surface area contributed by atoms with Crippen molar-refractivity contribution < 1.29 is 9.53 Å². The number of carbonyl (C=O) groups is 1. The number of rotatable bonds is 6. The number of benzene rings is 1. The number of carbonyl (C=O) groups excluding carboxylic acids is 1. The highest BCUT2D eigenvalue weighted by Crippen LogP contribution is 2.40. The monoisotopic (exact) mass is 296 g/mol. The van der Waals surface area contributed by atoms with Crippen molar-refractivity contribution >= 4 is 29.5 Å². The van der Waals surface area contributed by atoms with Gasteiger partial charge >= 0.3 is 5.97 Å². The molecule has 0 radical (unpaired) electrons. The van der Waals surface area contributed by atoms with Gasteiger partial charge < -0.3 is 4.74 Å². The molecule has 2 nitrogen and oxygen atoms in total. The van der Waals surface area contributed by atoms with E-state index in [1.165, 1.54) is 24.2 Å². The molecule has 0 N–H and O–H groups in total. The van der Waals surface area contributed by atoms with Crippen molar-refractivity contribution in [3.63, 3.8) is 0 Å². The topological polar surface area (TPSA) is 26.3 Å². The number of hydrogen-bond acceptors (Lipinski definition) is 4. The molecular formula is C15H20O2S2. The molecule has 1 heterocycles. The van der Waals surface area contributed by atoms with Crippen molar-refractivity contribution in [3.05, 3.63) is 35.9 Å². The Balaban J connectivity index is 1.91. The van der Waals surface area contributed by atoms with E-state index >= 15 is 0 Å². The van der Waals surface area contributed by atoms with E-state index in [9.17, 15) is 4.79 Å². The molecule has 0 aliphatic carbocycles. The molecule has 0 aromatic heterocycles. The molecule has 1 aromatic carbocycles. The number of thioether (sulfide) groups is 2. The van der Waals surface area contributed by atoms with Crippen LogP contribution in [-0.4, -0.2) is 29.2 Å². The molecule has 0 amide bonds. The van der Waals surface area contributed by atoms with Gasteiger partial charge in [0.2, 0.25) is 0 Å². The molecule has 2 rings (SSSR count). The minimum Gasteiger partial charge on any atom is -0.469 e. The lowest BCUT2D eigenvalue weighted by atomic mass is 9.98. The molecule has 1 aliphatic rings. The van der Waals surface area contributed by atoms with E-state index < -0.39 is 0 Å². The van der Waals surface area contributed by atoms with Crippen molar-refractivity contribution in [3.8, 4) is 0 Å². The van der Waals surface area contributed by atoms with Crippen molar-refractivity contribution in [1.82, 2.24) is 0 Å². The summed E-state index contributed by atoms with van der Waals surface area (Å²) in [7, 11) is 1.48. The third kappa shape index (κ3) is 4.77. The maximum absolute atomic E-state index is 11.5. The second-order valence-electron chi connectivity index (χ2n) is 4.67. The highest BCUT2D eigenvalue weighted by atomic mass is 32.2. The molecule has 0 bridgehead atoms. The van der Waals surface area contributed by atoms with Crippen LogP contribution in [0, 0.1) is 5.92 Å². The first-order valence-electron chi connectivity index (χ1n) is 6.63. The van der Waals surface area contributed by atoms with Gasteiger partial charge in [0, 0.05) is 11.5 Å². The zero-order valence-electron chi connectivity index (χ0n) is 11.2. The molecule has 0 unspecified atom stereocenters. The lowest BCUT2D eigenvalue weighted by molar-refractivity contribution is -0.141. The van der Waals surface area contributed by atoms with Crippen LogP contribution in [-0.2, 0) is 16.0 Å². The fraction of sp³-hybridized carbons (Fsp3) is 0.533. The van der Waals surface area contributed by atoms with Crippen LogP contribution in [0.4, 0.5) is 0 Å². The minimum absolute atomic E-state index is 0.0776. The van der Waals surface area contributed by atoms with E-state index in [4.69, 9.17) is 4.74 Å². The molecule has 1 fully saturated rings. The predicted molar refractivity (Wildman–Crippen MR) is 83.6 cm³/mol. The van der Waals surface area contributed by atoms with E-state index in [-0.39, 0.29) is 5.97 Å². The summed E-state index contributed by atoms with van der Waals surface area (Å²) in [6, 6.07) is 10.5. The number of hydrogen-bond donors (Lipinski definition) is 0. The molecule has 104 valence electrons. The van der Waals surface area contributed by atoms with Gasteiger partial charge in [0.15, 0.2) is 0 Å². The quantitative estimate of drug-likeness (QED) is 0.749. The van der Waals surface area contributed by atoms with E-state index in [2.05, 4.69) is 24.3 Å². The highest BCUT2D eigenvalue weighted by molar-refractivity contribution is 8.20. The Morgan fingerprint density at radius 2 is 2.00 bits per heavy atom. The van der Waals surface area contributed by atoms with Gasteiger partial charge in [-0.2, -0.15) is 0 Å². The third-order valence-electron chi connectivity index (χ3n) is 3.34. The first kappa shape index (κ1) is 14.8. The first-order chi connectivity index (χ1) is 9.29. The number of methoxy groups -OCH3 is 1. The van der Waals surface area contributed by atoms with E-state index in [0.29, 0.717) is 16.9 Å². The molecule has 0 spiro atoms. The lowest BCUT2D eigenvalue weighted by Gasteiger charge is -2.21. The van der Waals surface area contributed by atoms with Crippen LogP contribution < -0.4 is 0 Å². The fourth-order valence-corrected chi connectivity index (χ4v) is 5.48. The van der Waals surface area contributed by atoms with Gasteiger partial charge in [0.05, 0.1) is 18.1 Å². The minimum atomic E-state index is -0.0776. The maximum atomic E-state index is 11.5. The molecule has 1 aromatic rings. The van der Waals surface area contributed by atoms with E-state index in [1.807, 2.05) is 29.6 Å². The Labute approximate surface area is 123 Å². The van der Waals surface area contributed by atoms with Gasteiger partial charge in [-0.05, 0) is 24.3 Å². The fourth-order valence-electron chi connectivity index (χ4n) is 2.28. The van der Waals surface area contributed by atoms with Gasteiger partial charge in [-0.1, -0.05) is 30.3 Å². The SMILES string of the molecule is COC(=O)C[C@@H](CCc1ccccc1)C1SCCS1. The summed E-state index contributed by atoms with van der Waals surface area (Å²) in [5.74, 6) is 2.76. The normalized spacial score (nSPS) is 17.3. The first-order valence-corrected chi connectivity index (χ1v) is 8.73. The molecule has 1 atom stereocenters. The lowest BCUT2D eigenvalue weighted by Crippen LogP contribution is -2.18. The number of ether oxygens (including phenoxy) is 1. The van der Waals surface area contributed by atoms with Gasteiger partial charge in [-0.15, -0.1) is 23.5 Å². The van der Waals surface area contributed by atoms with Crippen LogP contribution in [0.25, 0.3) is 0 Å². The second kappa shape index (κ2) is 7.85. The number of esters is 1. The van der Waals surface area contributed by atoms with Gasteiger partial charge in [0.1, 0.15) is 0 Å². The summed E-state index contributed by atoms with van der Waals surface area (Å²) >= 11 is 3.99. The van der Waals surface area contributed by atoms with E-state index in [1.54, 1.807) is 0 Å². The van der Waals surface area contributed by atoms with Gasteiger partial charge in [-0.25, -0.2) is 0 Å². The Bertz CT molecular complexity index is 388. The van der Waals surface area contributed by atoms with Gasteiger partial charge in [0.25, 0.3) is 0 Å². The van der Waals surface area contributed by atoms with Crippen molar-refractivity contribution in [2.45, 2.75) is 23.8 Å². The summed E-state index contributed by atoms with van der Waals surface area (Å²) in [6.07, 6.45) is 2.65. The average molecular weight is 296 g/mol. The molecule has 0 saturated carbocycles. The predicted octanol–water partition coefficient (Wildman–Crippen LogP) is 3.60. The van der Waals surface area contributed by atoms with Gasteiger partial charge in [-0.3, -0.25) is 4.79 Å². The van der Waals surface area contributed by atoms with Crippen LogP contribution in [0.1, 0.15) is 18.4 Å². The zero-order chi connectivity index (χ0) is 13.5. The average Bonchev–Trinajstić information content (AvgIpc) is 2.98. The van der Waals surface area contributed by atoms with Crippen molar-refractivity contribution in [2.75, 3.05) is 18.6 Å². The van der Waals surface area contributed by atoms with Crippen LogP contribution >= 0.6 is 23.5 Å². The van der Waals surface area contributed by atoms with Crippen molar-refractivity contribution in [2.24, 2.45) is 5.92 Å². The van der Waals surface area contributed by atoms with Crippen LogP contribution in [0.3, 0.4) is 0 Å². The van der Waals surface area contributed by atoms with Crippen LogP contribution in [0.15, 0.2) is 30.3 Å². The Kier molecular flexibility index (Phi) is 6.11. The third-order valence-corrected chi connectivity index (χ3v) is 6.72. The summed E-state index contributed by atoms with van der Waals surface area (Å²) in [6.45, 7) is 0. The van der Waals surface area contributed by atoms with Crippen molar-refractivity contribution in [1.29, 1.82) is 0 Å². The largest absolute Gasteiger partial charge is 0.469 e. The summed E-state index contributed by atoms with van der Waals surface area (Å²) < 4.78 is 5.39. The zero-order valence-corrected chi connectivity index (χ0v) is 12.8. The Morgan fingerprint density at radius 3 is 2.63 bits per heavy atom. The smallest absolute Gasteiger partial charge is 0.305 e. The standard InChI is InChI=1S/C15H20O2S2/c1-17-14(16)11-13(15-18-9-10-19-15)8-7-12-5-3-2-4-6-12/h2-6,13,15H,7-11H2,1H3/t13-/m1/s1. The van der Waals surface area contributed by atoms with Crippen LogP contribution in [0.2, 0.25) is 0 Å². The summed E-state index contributed by atoms with van der Waals surface area (Å²) in [4.78, 5) is 11.5. The summed E-state index contributed by atoms with van der Waals surface area (Å²) in [5, 5.41) is 0. The maximum Gasteiger partial charge on any atom is 0.305 e. The highest BCUT2D eigenvalue weighted by Gasteiger charge is 2.28. The molecule has 1 saturated heterocycles. The Morgan fingerprint density at radius 1 is 1.32 bits per heavy atom. The summed E-state index contributed by atoms with van der Waals surface area (Å²) in [5.41, 5.74) is 1.35. The Hall–Kier alpha value is -0.610. The molecule has 1 aliphatic heterocycles. The molecular weight excluding hydrogens is 276 g/mol. The second-order valence-corrected chi connectivity index (χ2v) is 7.47. The number of aryl methyl sites for hydroxylation is 1. The van der Waals surface area contributed by atoms with E-state index in [0.717, 1.165) is 12.8 Å².